The first-order valence-electron chi connectivity index (χ1n) is 10.8. The summed E-state index contributed by atoms with van der Waals surface area (Å²) in [6.07, 6.45) is 6.13. The Hall–Kier alpha value is -2.71. The van der Waals surface area contributed by atoms with E-state index in [-0.39, 0.29) is 22.4 Å². The van der Waals surface area contributed by atoms with Gasteiger partial charge in [0.05, 0.1) is 4.90 Å². The second-order valence-corrected chi connectivity index (χ2v) is 9.85. The van der Waals surface area contributed by atoms with Crippen molar-refractivity contribution in [1.29, 1.82) is 0 Å². The van der Waals surface area contributed by atoms with E-state index in [2.05, 4.69) is 10.0 Å². The maximum atomic E-state index is 12.8. The van der Waals surface area contributed by atoms with Gasteiger partial charge in [0.1, 0.15) is 0 Å². The van der Waals surface area contributed by atoms with E-state index in [0.717, 1.165) is 44.2 Å². The Bertz CT molecular complexity index is 1080. The van der Waals surface area contributed by atoms with Crippen LogP contribution in [0.3, 0.4) is 0 Å². The number of hydrogen-bond donors (Lipinski definition) is 2. The first-order valence-corrected chi connectivity index (χ1v) is 12.2. The molecule has 2 aromatic carbocycles. The predicted octanol–water partition coefficient (Wildman–Crippen LogP) is 3.68. The SMILES string of the molecule is O=C(Nc1cccc(N2CCCCC2=O)c1)c1cccc(S(=O)(=O)NC2CCCC2)c1. The fraction of sp³-hybridized carbons (Fsp3) is 0.391. The van der Waals surface area contributed by atoms with Crippen LogP contribution in [0.4, 0.5) is 11.4 Å². The van der Waals surface area contributed by atoms with Crippen LogP contribution in [0.1, 0.15) is 55.3 Å². The summed E-state index contributed by atoms with van der Waals surface area (Å²) in [5.41, 5.74) is 1.56. The molecular formula is C23H27N3O4S. The molecule has 2 fully saturated rings. The lowest BCUT2D eigenvalue weighted by Gasteiger charge is -2.27. The van der Waals surface area contributed by atoms with Gasteiger partial charge in [-0.05, 0) is 62.1 Å². The van der Waals surface area contributed by atoms with Gasteiger partial charge in [-0.25, -0.2) is 13.1 Å². The van der Waals surface area contributed by atoms with E-state index in [9.17, 15) is 18.0 Å². The lowest BCUT2D eigenvalue weighted by Crippen LogP contribution is -2.35. The number of nitrogens with zero attached hydrogens (tertiary/aromatic N) is 1. The topological polar surface area (TPSA) is 95.6 Å². The number of anilines is 2. The molecule has 1 saturated heterocycles. The maximum Gasteiger partial charge on any atom is 0.255 e. The molecule has 8 heteroatoms. The normalized spacial score (nSPS) is 17.7. The number of sulfonamides is 1. The number of benzene rings is 2. The van der Waals surface area contributed by atoms with Crippen molar-refractivity contribution in [2.75, 3.05) is 16.8 Å². The molecule has 0 atom stereocenters. The van der Waals surface area contributed by atoms with Gasteiger partial charge in [0, 0.05) is 35.9 Å². The third-order valence-electron chi connectivity index (χ3n) is 5.82. The molecule has 1 aliphatic heterocycles. The Balaban J connectivity index is 1.48. The molecule has 1 saturated carbocycles. The predicted molar refractivity (Wildman–Crippen MR) is 120 cm³/mol. The Kier molecular flexibility index (Phi) is 6.38. The fourth-order valence-corrected chi connectivity index (χ4v) is 5.52. The van der Waals surface area contributed by atoms with Crippen molar-refractivity contribution < 1.29 is 18.0 Å². The lowest BCUT2D eigenvalue weighted by atomic mass is 10.1. The molecule has 2 aliphatic rings. The number of hydrogen-bond acceptors (Lipinski definition) is 4. The van der Waals surface area contributed by atoms with Crippen molar-refractivity contribution in [1.82, 2.24) is 4.72 Å². The van der Waals surface area contributed by atoms with Crippen LogP contribution < -0.4 is 14.9 Å². The van der Waals surface area contributed by atoms with E-state index in [1.54, 1.807) is 35.2 Å². The highest BCUT2D eigenvalue weighted by atomic mass is 32.2. The second kappa shape index (κ2) is 9.20. The third-order valence-corrected chi connectivity index (χ3v) is 7.34. The molecule has 1 heterocycles. The fourth-order valence-electron chi connectivity index (χ4n) is 4.17. The smallest absolute Gasteiger partial charge is 0.255 e. The van der Waals surface area contributed by atoms with Crippen LogP contribution in [-0.2, 0) is 14.8 Å². The molecular weight excluding hydrogens is 414 g/mol. The number of rotatable bonds is 6. The van der Waals surface area contributed by atoms with Crippen LogP contribution in [0.5, 0.6) is 0 Å². The molecule has 0 radical (unpaired) electrons. The zero-order valence-corrected chi connectivity index (χ0v) is 18.2. The first-order chi connectivity index (χ1) is 14.9. The molecule has 0 unspecified atom stereocenters. The van der Waals surface area contributed by atoms with Crippen LogP contribution in [0.25, 0.3) is 0 Å². The van der Waals surface area contributed by atoms with Crippen molar-refractivity contribution in [2.45, 2.75) is 55.9 Å². The van der Waals surface area contributed by atoms with E-state index >= 15 is 0 Å². The largest absolute Gasteiger partial charge is 0.322 e. The van der Waals surface area contributed by atoms with E-state index in [1.165, 1.54) is 12.1 Å². The third kappa shape index (κ3) is 5.14. The van der Waals surface area contributed by atoms with Gasteiger partial charge in [-0.3, -0.25) is 9.59 Å². The summed E-state index contributed by atoms with van der Waals surface area (Å²) in [4.78, 5) is 26.8. The molecule has 1 aliphatic carbocycles. The minimum absolute atomic E-state index is 0.0391. The first kappa shape index (κ1) is 21.5. The van der Waals surface area contributed by atoms with E-state index in [4.69, 9.17) is 0 Å². The summed E-state index contributed by atoms with van der Waals surface area (Å²) in [6.45, 7) is 0.671. The molecule has 2 N–H and O–H groups in total. The molecule has 164 valence electrons. The zero-order valence-electron chi connectivity index (χ0n) is 17.3. The van der Waals surface area contributed by atoms with Gasteiger partial charge >= 0.3 is 0 Å². The average molecular weight is 442 g/mol. The van der Waals surface area contributed by atoms with Crippen molar-refractivity contribution in [3.05, 3.63) is 54.1 Å². The molecule has 2 amide bonds. The van der Waals surface area contributed by atoms with Gasteiger partial charge in [-0.2, -0.15) is 0 Å². The standard InChI is InChI=1S/C23H27N3O4S/c27-22-13-3-4-14-26(22)20-11-6-10-19(16-20)24-23(28)17-7-5-12-21(15-17)31(29,30)25-18-8-1-2-9-18/h5-7,10-12,15-16,18,25H,1-4,8-9,13-14H2,(H,24,28). The van der Waals surface area contributed by atoms with Crippen molar-refractivity contribution in [2.24, 2.45) is 0 Å². The van der Waals surface area contributed by atoms with Crippen LogP contribution in [0.15, 0.2) is 53.4 Å². The minimum atomic E-state index is -3.67. The van der Waals surface area contributed by atoms with Crippen LogP contribution in [-0.4, -0.2) is 32.8 Å². The summed E-state index contributed by atoms with van der Waals surface area (Å²) in [5.74, 6) is -0.317. The number of carbonyl (C=O) groups excluding carboxylic acids is 2. The zero-order chi connectivity index (χ0) is 21.8. The Labute approximate surface area is 182 Å². The second-order valence-electron chi connectivity index (χ2n) is 8.14. The average Bonchev–Trinajstić information content (AvgIpc) is 3.27. The van der Waals surface area contributed by atoms with E-state index in [0.29, 0.717) is 18.7 Å². The van der Waals surface area contributed by atoms with Gasteiger partial charge in [0.25, 0.3) is 5.91 Å². The Morgan fingerprint density at radius 3 is 2.52 bits per heavy atom. The summed E-state index contributed by atoms with van der Waals surface area (Å²) in [6, 6.07) is 13.2. The quantitative estimate of drug-likeness (QED) is 0.715. The Morgan fingerprint density at radius 1 is 0.968 bits per heavy atom. The number of carbonyl (C=O) groups is 2. The number of piperidine rings is 1. The van der Waals surface area contributed by atoms with Gasteiger partial charge < -0.3 is 10.2 Å². The monoisotopic (exact) mass is 441 g/mol. The maximum absolute atomic E-state index is 12.8. The highest BCUT2D eigenvalue weighted by Crippen LogP contribution is 2.25. The lowest BCUT2D eigenvalue weighted by molar-refractivity contribution is -0.119. The molecule has 0 bridgehead atoms. The number of amides is 2. The van der Waals surface area contributed by atoms with Crippen LogP contribution in [0, 0.1) is 0 Å². The summed E-state index contributed by atoms with van der Waals surface area (Å²) >= 11 is 0. The van der Waals surface area contributed by atoms with E-state index in [1.807, 2.05) is 6.07 Å². The highest BCUT2D eigenvalue weighted by Gasteiger charge is 2.24. The summed E-state index contributed by atoms with van der Waals surface area (Å²) in [5, 5.41) is 2.81. The molecule has 31 heavy (non-hydrogen) atoms. The van der Waals surface area contributed by atoms with Gasteiger partial charge in [0.2, 0.25) is 15.9 Å². The molecule has 0 aromatic heterocycles. The van der Waals surface area contributed by atoms with E-state index < -0.39 is 15.9 Å². The molecule has 4 rings (SSSR count). The molecule has 2 aromatic rings. The highest BCUT2D eigenvalue weighted by molar-refractivity contribution is 7.89. The van der Waals surface area contributed by atoms with Crippen molar-refractivity contribution in [3.8, 4) is 0 Å². The number of nitrogens with one attached hydrogen (secondary N) is 2. The summed E-state index contributed by atoms with van der Waals surface area (Å²) < 4.78 is 28.1. The van der Waals surface area contributed by atoms with Crippen molar-refractivity contribution >= 4 is 33.2 Å². The molecule has 7 nitrogen and oxygen atoms in total. The minimum Gasteiger partial charge on any atom is -0.322 e. The van der Waals surface area contributed by atoms with Gasteiger partial charge in [-0.15, -0.1) is 0 Å². The van der Waals surface area contributed by atoms with Gasteiger partial charge in [0.15, 0.2) is 0 Å². The van der Waals surface area contributed by atoms with Crippen molar-refractivity contribution in [3.63, 3.8) is 0 Å². The molecule has 0 spiro atoms. The Morgan fingerprint density at radius 2 is 1.74 bits per heavy atom. The van der Waals surface area contributed by atoms with Crippen LogP contribution in [0.2, 0.25) is 0 Å². The van der Waals surface area contributed by atoms with Crippen LogP contribution >= 0.6 is 0 Å². The van der Waals surface area contributed by atoms with Gasteiger partial charge in [-0.1, -0.05) is 25.0 Å². The summed E-state index contributed by atoms with van der Waals surface area (Å²) in [7, 11) is -3.67.